The number of carbonyl (C=O) groups is 2. The Hall–Kier alpha value is -4.64. The Balaban J connectivity index is 1.74. The Morgan fingerprint density at radius 2 is 2.00 bits per heavy atom. The van der Waals surface area contributed by atoms with E-state index in [4.69, 9.17) is 4.74 Å². The van der Waals surface area contributed by atoms with Gasteiger partial charge in [0.1, 0.15) is 11.5 Å². The van der Waals surface area contributed by atoms with Crippen LogP contribution >= 0.6 is 11.3 Å². The average molecular weight is 488 g/mol. The van der Waals surface area contributed by atoms with Crippen molar-refractivity contribution in [1.29, 1.82) is 0 Å². The Morgan fingerprint density at radius 1 is 1.17 bits per heavy atom. The molecule has 2 aromatic carbocycles. The molecule has 11 heteroatoms. The summed E-state index contributed by atoms with van der Waals surface area (Å²) < 4.78 is 5.97. The van der Waals surface area contributed by atoms with E-state index in [0.717, 1.165) is 11.3 Å². The fraction of sp³-hybridized carbons (Fsp3) is 0.0833. The first kappa shape index (κ1) is 22.2. The predicted molar refractivity (Wildman–Crippen MR) is 128 cm³/mol. The molecule has 1 fully saturated rings. The number of benzene rings is 2. The van der Waals surface area contributed by atoms with E-state index in [0.29, 0.717) is 16.0 Å². The standard InChI is InChI=1S/C24H16N4O6S/c1-34-16-7-8-17-18(11-16)35-24(26-17)27-20(13-4-2-6-15(10-13)28(32)33)19(22(30)23(27)31)21(29)14-5-3-9-25-12-14/h2-12,20,29H,1H3/b21-19+. The first-order chi connectivity index (χ1) is 16.9. The normalized spacial score (nSPS) is 17.2. The van der Waals surface area contributed by atoms with E-state index in [2.05, 4.69) is 9.97 Å². The number of aromatic nitrogens is 2. The molecule has 0 radical (unpaired) electrons. The molecule has 1 N–H and O–H groups in total. The molecule has 0 spiro atoms. The molecule has 5 rings (SSSR count). The number of carbonyl (C=O) groups excluding carboxylic acids is 2. The van der Waals surface area contributed by atoms with Gasteiger partial charge < -0.3 is 9.84 Å². The molecule has 1 saturated heterocycles. The largest absolute Gasteiger partial charge is 0.507 e. The number of non-ortho nitro benzene ring substituents is 1. The summed E-state index contributed by atoms with van der Waals surface area (Å²) >= 11 is 1.16. The number of nitrogens with zero attached hydrogens (tertiary/aromatic N) is 4. The fourth-order valence-corrected chi connectivity index (χ4v) is 4.96. The molecule has 1 aliphatic heterocycles. The minimum absolute atomic E-state index is 0.206. The van der Waals surface area contributed by atoms with Crippen LogP contribution < -0.4 is 9.64 Å². The van der Waals surface area contributed by atoms with Crippen molar-refractivity contribution in [1.82, 2.24) is 9.97 Å². The smallest absolute Gasteiger partial charge is 0.301 e. The fourth-order valence-electron chi connectivity index (χ4n) is 3.93. The van der Waals surface area contributed by atoms with Crippen LogP contribution in [0.1, 0.15) is 17.2 Å². The van der Waals surface area contributed by atoms with Crippen molar-refractivity contribution < 1.29 is 24.4 Å². The summed E-state index contributed by atoms with van der Waals surface area (Å²) in [5.41, 5.74) is 0.664. The van der Waals surface area contributed by atoms with Crippen LogP contribution in [0.15, 0.2) is 72.6 Å². The molecular formula is C24H16N4O6S. The van der Waals surface area contributed by atoms with Gasteiger partial charge in [-0.3, -0.25) is 29.6 Å². The van der Waals surface area contributed by atoms with Crippen LogP contribution in [0, 0.1) is 10.1 Å². The molecule has 10 nitrogen and oxygen atoms in total. The number of aliphatic hydroxyl groups is 1. The number of pyridine rings is 1. The second kappa shape index (κ2) is 8.61. The van der Waals surface area contributed by atoms with Gasteiger partial charge in [0.2, 0.25) is 0 Å². The van der Waals surface area contributed by atoms with Crippen molar-refractivity contribution in [3.8, 4) is 5.75 Å². The summed E-state index contributed by atoms with van der Waals surface area (Å²) in [4.78, 5) is 47.0. The van der Waals surface area contributed by atoms with Crippen molar-refractivity contribution >= 4 is 49.8 Å². The molecule has 1 aliphatic rings. The van der Waals surface area contributed by atoms with Crippen LogP contribution in [0.2, 0.25) is 0 Å². The van der Waals surface area contributed by atoms with Gasteiger partial charge in [-0.15, -0.1) is 0 Å². The van der Waals surface area contributed by atoms with Crippen molar-refractivity contribution in [3.63, 3.8) is 0 Å². The predicted octanol–water partition coefficient (Wildman–Crippen LogP) is 4.23. The first-order valence-electron chi connectivity index (χ1n) is 10.3. The van der Waals surface area contributed by atoms with E-state index in [-0.39, 0.29) is 27.5 Å². The maximum Gasteiger partial charge on any atom is 0.301 e. The molecule has 3 heterocycles. The van der Waals surface area contributed by atoms with Crippen molar-refractivity contribution in [2.24, 2.45) is 0 Å². The third kappa shape index (κ3) is 3.77. The summed E-state index contributed by atoms with van der Waals surface area (Å²) in [6.07, 6.45) is 2.86. The lowest BCUT2D eigenvalue weighted by Crippen LogP contribution is -2.29. The number of amides is 1. The number of nitro groups is 1. The van der Waals surface area contributed by atoms with Gasteiger partial charge in [0.15, 0.2) is 5.13 Å². The molecule has 1 atom stereocenters. The zero-order valence-electron chi connectivity index (χ0n) is 18.1. The monoisotopic (exact) mass is 488 g/mol. The number of thiazole rings is 1. The lowest BCUT2D eigenvalue weighted by molar-refractivity contribution is -0.384. The topological polar surface area (TPSA) is 136 Å². The van der Waals surface area contributed by atoms with Crippen LogP contribution in [0.5, 0.6) is 5.75 Å². The van der Waals surface area contributed by atoms with E-state index in [1.54, 1.807) is 36.4 Å². The summed E-state index contributed by atoms with van der Waals surface area (Å²) in [5.74, 6) is -1.67. The summed E-state index contributed by atoms with van der Waals surface area (Å²) in [7, 11) is 1.53. The van der Waals surface area contributed by atoms with Gasteiger partial charge in [-0.1, -0.05) is 23.5 Å². The molecule has 0 aliphatic carbocycles. The van der Waals surface area contributed by atoms with Crippen molar-refractivity contribution in [3.05, 3.63) is 93.8 Å². The molecule has 1 amide bonds. The Kier molecular flexibility index (Phi) is 5.46. The van der Waals surface area contributed by atoms with Crippen LogP contribution in [0.3, 0.4) is 0 Å². The number of Topliss-reactive ketones (excluding diaryl/α,β-unsaturated/α-hetero) is 1. The van der Waals surface area contributed by atoms with Crippen LogP contribution in [0.4, 0.5) is 10.8 Å². The third-order valence-electron chi connectivity index (χ3n) is 5.57. The number of aliphatic hydroxyl groups excluding tert-OH is 1. The van der Waals surface area contributed by atoms with E-state index in [9.17, 15) is 24.8 Å². The first-order valence-corrected chi connectivity index (χ1v) is 11.1. The molecule has 0 saturated carbocycles. The quantitative estimate of drug-likeness (QED) is 0.145. The zero-order chi connectivity index (χ0) is 24.7. The second-order valence-electron chi connectivity index (χ2n) is 7.59. The Labute approximate surface area is 201 Å². The molecule has 1 unspecified atom stereocenters. The minimum atomic E-state index is -1.14. The van der Waals surface area contributed by atoms with Crippen LogP contribution in [0.25, 0.3) is 16.0 Å². The number of rotatable bonds is 5. The third-order valence-corrected chi connectivity index (χ3v) is 6.58. The van der Waals surface area contributed by atoms with Gasteiger partial charge in [0.25, 0.3) is 11.5 Å². The highest BCUT2D eigenvalue weighted by Crippen LogP contribution is 2.45. The average Bonchev–Trinajstić information content (AvgIpc) is 3.41. The number of nitro benzene ring substituents is 1. The van der Waals surface area contributed by atoms with Crippen LogP contribution in [-0.2, 0) is 9.59 Å². The van der Waals surface area contributed by atoms with Gasteiger partial charge >= 0.3 is 5.91 Å². The van der Waals surface area contributed by atoms with E-state index in [1.807, 2.05) is 0 Å². The number of anilines is 1. The summed E-state index contributed by atoms with van der Waals surface area (Å²) in [6, 6.07) is 12.8. The summed E-state index contributed by atoms with van der Waals surface area (Å²) in [5, 5.41) is 22.7. The number of fused-ring (bicyclic) bond motifs is 1. The number of ether oxygens (including phenoxy) is 1. The zero-order valence-corrected chi connectivity index (χ0v) is 18.9. The lowest BCUT2D eigenvalue weighted by atomic mass is 9.95. The van der Waals surface area contributed by atoms with Gasteiger partial charge in [-0.25, -0.2) is 4.98 Å². The molecular weight excluding hydrogens is 472 g/mol. The highest BCUT2D eigenvalue weighted by Gasteiger charge is 2.48. The number of ketones is 1. The van der Waals surface area contributed by atoms with Crippen molar-refractivity contribution in [2.45, 2.75) is 6.04 Å². The van der Waals surface area contributed by atoms with E-state index in [1.165, 1.54) is 42.6 Å². The summed E-state index contributed by atoms with van der Waals surface area (Å²) in [6.45, 7) is 0. The lowest BCUT2D eigenvalue weighted by Gasteiger charge is -2.22. The number of methoxy groups -OCH3 is 1. The minimum Gasteiger partial charge on any atom is -0.507 e. The number of hydrogen-bond donors (Lipinski definition) is 1. The van der Waals surface area contributed by atoms with Gasteiger partial charge in [0, 0.05) is 30.1 Å². The second-order valence-corrected chi connectivity index (χ2v) is 8.60. The molecule has 35 heavy (non-hydrogen) atoms. The molecule has 0 bridgehead atoms. The maximum atomic E-state index is 13.3. The Morgan fingerprint density at radius 3 is 2.71 bits per heavy atom. The SMILES string of the molecule is COc1ccc2nc(N3C(=O)C(=O)/C(=C(/O)c4cccnc4)C3c3cccc([N+](=O)[O-])c3)sc2c1. The van der Waals surface area contributed by atoms with Crippen LogP contribution in [-0.4, -0.2) is 38.8 Å². The highest BCUT2D eigenvalue weighted by atomic mass is 32.1. The van der Waals surface area contributed by atoms with Gasteiger partial charge in [0.05, 0.1) is 33.9 Å². The molecule has 4 aromatic rings. The van der Waals surface area contributed by atoms with Crippen molar-refractivity contribution in [2.75, 3.05) is 12.0 Å². The van der Waals surface area contributed by atoms with Gasteiger partial charge in [-0.2, -0.15) is 0 Å². The molecule has 174 valence electrons. The van der Waals surface area contributed by atoms with E-state index < -0.39 is 28.4 Å². The van der Waals surface area contributed by atoms with Gasteiger partial charge in [-0.05, 0) is 35.9 Å². The van der Waals surface area contributed by atoms with E-state index >= 15 is 0 Å². The Bertz CT molecular complexity index is 1530. The maximum absolute atomic E-state index is 13.3. The highest BCUT2D eigenvalue weighted by molar-refractivity contribution is 7.22. The number of hydrogen-bond acceptors (Lipinski definition) is 9. The molecule has 2 aromatic heterocycles.